The second kappa shape index (κ2) is 5.53. The number of hydrogen-bond acceptors (Lipinski definition) is 2. The molecule has 1 amide bonds. The van der Waals surface area contributed by atoms with E-state index in [-0.39, 0.29) is 11.9 Å². The second-order valence-electron chi connectivity index (χ2n) is 5.29. The summed E-state index contributed by atoms with van der Waals surface area (Å²) in [4.78, 5) is 12.2. The minimum absolute atomic E-state index is 0.0185. The first-order valence-corrected chi connectivity index (χ1v) is 6.82. The Morgan fingerprint density at radius 2 is 2.00 bits per heavy atom. The van der Waals surface area contributed by atoms with Crippen molar-refractivity contribution in [1.29, 1.82) is 0 Å². The molecule has 0 saturated carbocycles. The molecule has 2 aromatic heterocycles. The summed E-state index contributed by atoms with van der Waals surface area (Å²) in [5, 5.41) is 7.33. The van der Waals surface area contributed by atoms with Gasteiger partial charge in [0, 0.05) is 24.1 Å². The van der Waals surface area contributed by atoms with Crippen LogP contribution in [0.1, 0.15) is 35.7 Å². The molecule has 0 radical (unpaired) electrons. The molecule has 2 aromatic rings. The molecule has 1 N–H and O–H groups in total. The number of amides is 1. The molecule has 1 atom stereocenters. The largest absolute Gasteiger partial charge is 0.350 e. The molecule has 0 spiro atoms. The topological polar surface area (TPSA) is 51.9 Å². The van der Waals surface area contributed by atoms with Gasteiger partial charge in [0.2, 0.25) is 5.91 Å². The van der Waals surface area contributed by atoms with Gasteiger partial charge in [0.25, 0.3) is 0 Å². The fourth-order valence-corrected chi connectivity index (χ4v) is 2.32. The predicted octanol–water partition coefficient (Wildman–Crippen LogP) is 2.02. The van der Waals surface area contributed by atoms with Gasteiger partial charge in [-0.1, -0.05) is 0 Å². The number of carbonyl (C=O) groups excluding carboxylic acids is 1. The predicted molar refractivity (Wildman–Crippen MR) is 78.4 cm³/mol. The first-order valence-electron chi connectivity index (χ1n) is 6.82. The third-order valence-corrected chi connectivity index (χ3v) is 3.71. The van der Waals surface area contributed by atoms with Crippen LogP contribution in [-0.2, 0) is 18.4 Å². The Morgan fingerprint density at radius 3 is 2.50 bits per heavy atom. The van der Waals surface area contributed by atoms with E-state index in [0.717, 1.165) is 17.1 Å². The lowest BCUT2D eigenvalue weighted by atomic mass is 10.3. The van der Waals surface area contributed by atoms with E-state index in [2.05, 4.69) is 15.0 Å². The van der Waals surface area contributed by atoms with E-state index in [0.29, 0.717) is 6.54 Å². The van der Waals surface area contributed by atoms with Crippen molar-refractivity contribution < 1.29 is 4.79 Å². The molecule has 2 rings (SSSR count). The van der Waals surface area contributed by atoms with Crippen molar-refractivity contribution >= 4 is 5.91 Å². The zero-order valence-corrected chi connectivity index (χ0v) is 12.8. The van der Waals surface area contributed by atoms with E-state index >= 15 is 0 Å². The third-order valence-electron chi connectivity index (χ3n) is 3.71. The number of carbonyl (C=O) groups is 1. The van der Waals surface area contributed by atoms with Gasteiger partial charge >= 0.3 is 0 Å². The Balaban J connectivity index is 2.01. The van der Waals surface area contributed by atoms with Gasteiger partial charge in [0.05, 0.1) is 12.2 Å². The molecule has 0 saturated heterocycles. The van der Waals surface area contributed by atoms with Gasteiger partial charge in [-0.05, 0) is 45.9 Å². The van der Waals surface area contributed by atoms with E-state index < -0.39 is 0 Å². The fourth-order valence-electron chi connectivity index (χ4n) is 2.32. The molecule has 5 nitrogen and oxygen atoms in total. The van der Waals surface area contributed by atoms with E-state index in [1.54, 1.807) is 4.68 Å². The van der Waals surface area contributed by atoms with Gasteiger partial charge in [0.1, 0.15) is 6.04 Å². The number of aromatic nitrogens is 3. The standard InChI is InChI=1S/C15H22N4O/c1-10-8-12(3)19(17-10)13(4)15(20)16-9-14-7-6-11(2)18(14)5/h6-8,13H,9H2,1-5H3,(H,16,20)/t13-/m0/s1. The highest BCUT2D eigenvalue weighted by Crippen LogP contribution is 2.11. The second-order valence-corrected chi connectivity index (χ2v) is 5.29. The maximum absolute atomic E-state index is 12.2. The van der Waals surface area contributed by atoms with Crippen LogP contribution < -0.4 is 5.32 Å². The van der Waals surface area contributed by atoms with Crippen molar-refractivity contribution in [3.63, 3.8) is 0 Å². The Labute approximate surface area is 119 Å². The van der Waals surface area contributed by atoms with Crippen LogP contribution in [0.4, 0.5) is 0 Å². The van der Waals surface area contributed by atoms with Crippen molar-refractivity contribution in [2.24, 2.45) is 7.05 Å². The summed E-state index contributed by atoms with van der Waals surface area (Å²) in [6, 6.07) is 5.75. The minimum atomic E-state index is -0.301. The first kappa shape index (κ1) is 14.4. The van der Waals surface area contributed by atoms with Crippen molar-refractivity contribution in [3.05, 3.63) is 41.0 Å². The van der Waals surface area contributed by atoms with E-state index in [9.17, 15) is 4.79 Å². The van der Waals surface area contributed by atoms with Crippen molar-refractivity contribution in [3.8, 4) is 0 Å². The molecule has 0 unspecified atom stereocenters. The molecule has 0 aliphatic carbocycles. The number of hydrogen-bond donors (Lipinski definition) is 1. The van der Waals surface area contributed by atoms with Gasteiger partial charge in [0.15, 0.2) is 0 Å². The van der Waals surface area contributed by atoms with Crippen LogP contribution in [0.15, 0.2) is 18.2 Å². The van der Waals surface area contributed by atoms with Crippen LogP contribution in [0, 0.1) is 20.8 Å². The zero-order chi connectivity index (χ0) is 14.9. The van der Waals surface area contributed by atoms with Crippen LogP contribution in [0.2, 0.25) is 0 Å². The number of nitrogens with one attached hydrogen (secondary N) is 1. The van der Waals surface area contributed by atoms with Gasteiger partial charge in [-0.3, -0.25) is 9.48 Å². The summed E-state index contributed by atoms with van der Waals surface area (Å²) >= 11 is 0. The minimum Gasteiger partial charge on any atom is -0.350 e. The average Bonchev–Trinajstić information content (AvgIpc) is 2.90. The Morgan fingerprint density at radius 1 is 1.30 bits per heavy atom. The molecule has 0 bridgehead atoms. The normalized spacial score (nSPS) is 12.4. The molecular weight excluding hydrogens is 252 g/mol. The van der Waals surface area contributed by atoms with Gasteiger partial charge in [-0.2, -0.15) is 5.10 Å². The van der Waals surface area contributed by atoms with Crippen molar-refractivity contribution in [2.75, 3.05) is 0 Å². The lowest BCUT2D eigenvalue weighted by Crippen LogP contribution is -2.32. The smallest absolute Gasteiger partial charge is 0.244 e. The van der Waals surface area contributed by atoms with Crippen LogP contribution >= 0.6 is 0 Å². The van der Waals surface area contributed by atoms with Crippen molar-refractivity contribution in [1.82, 2.24) is 19.7 Å². The fraction of sp³-hybridized carbons (Fsp3) is 0.467. The zero-order valence-electron chi connectivity index (χ0n) is 12.8. The quantitative estimate of drug-likeness (QED) is 0.927. The average molecular weight is 274 g/mol. The molecule has 5 heteroatoms. The summed E-state index contributed by atoms with van der Waals surface area (Å²) in [6.45, 7) is 8.34. The third kappa shape index (κ3) is 2.76. The number of rotatable bonds is 4. The molecule has 0 fully saturated rings. The Kier molecular flexibility index (Phi) is 3.97. The summed E-state index contributed by atoms with van der Waals surface area (Å²) in [5.74, 6) is -0.0185. The molecule has 2 heterocycles. The molecular formula is C15H22N4O. The Bertz CT molecular complexity index is 624. The lowest BCUT2D eigenvalue weighted by Gasteiger charge is -2.15. The number of aryl methyl sites for hydroxylation is 3. The van der Waals surface area contributed by atoms with Gasteiger partial charge in [-0.15, -0.1) is 0 Å². The van der Waals surface area contributed by atoms with Gasteiger partial charge < -0.3 is 9.88 Å². The van der Waals surface area contributed by atoms with Crippen LogP contribution in [0.25, 0.3) is 0 Å². The van der Waals surface area contributed by atoms with Crippen LogP contribution in [0.3, 0.4) is 0 Å². The van der Waals surface area contributed by atoms with Crippen molar-refractivity contribution in [2.45, 2.75) is 40.3 Å². The van der Waals surface area contributed by atoms with Gasteiger partial charge in [-0.25, -0.2) is 0 Å². The lowest BCUT2D eigenvalue weighted by molar-refractivity contribution is -0.124. The first-order chi connectivity index (χ1) is 9.40. The van der Waals surface area contributed by atoms with E-state index in [1.807, 2.05) is 52.9 Å². The highest BCUT2D eigenvalue weighted by atomic mass is 16.2. The maximum atomic E-state index is 12.2. The molecule has 108 valence electrons. The van der Waals surface area contributed by atoms with Crippen LogP contribution in [0.5, 0.6) is 0 Å². The summed E-state index contributed by atoms with van der Waals surface area (Å²) in [6.07, 6.45) is 0. The van der Waals surface area contributed by atoms with Crippen LogP contribution in [-0.4, -0.2) is 20.3 Å². The van der Waals surface area contributed by atoms with E-state index in [1.165, 1.54) is 5.69 Å². The van der Waals surface area contributed by atoms with E-state index in [4.69, 9.17) is 0 Å². The highest BCUT2D eigenvalue weighted by molar-refractivity contribution is 5.79. The summed E-state index contributed by atoms with van der Waals surface area (Å²) < 4.78 is 3.84. The summed E-state index contributed by atoms with van der Waals surface area (Å²) in [5.41, 5.74) is 4.21. The SMILES string of the molecule is Cc1cc(C)n([C@@H](C)C(=O)NCc2ccc(C)n2C)n1. The monoisotopic (exact) mass is 274 g/mol. The molecule has 20 heavy (non-hydrogen) atoms. The Hall–Kier alpha value is -2.04. The molecule has 0 aliphatic heterocycles. The highest BCUT2D eigenvalue weighted by Gasteiger charge is 2.17. The number of nitrogens with zero attached hydrogens (tertiary/aromatic N) is 3. The summed E-state index contributed by atoms with van der Waals surface area (Å²) in [7, 11) is 2.00. The maximum Gasteiger partial charge on any atom is 0.244 e. The molecule has 0 aromatic carbocycles. The molecule has 0 aliphatic rings.